The fourth-order valence-corrected chi connectivity index (χ4v) is 3.22. The van der Waals surface area contributed by atoms with Gasteiger partial charge in [0.25, 0.3) is 0 Å². The Morgan fingerprint density at radius 3 is 2.81 bits per heavy atom. The van der Waals surface area contributed by atoms with Crippen LogP contribution in [0.15, 0.2) is 84.1 Å². The normalized spacial score (nSPS) is 11.0. The number of phenolic OH excluding ortho intramolecular Hbond substituents is 1. The highest BCUT2D eigenvalue weighted by Gasteiger charge is 2.12. The Labute approximate surface area is 177 Å². The molecule has 0 spiro atoms. The molecule has 2 aromatic carbocycles. The maximum Gasteiger partial charge on any atom is 0.330 e. The molecule has 2 heterocycles. The van der Waals surface area contributed by atoms with Gasteiger partial charge in [-0.05, 0) is 48.0 Å². The Morgan fingerprint density at radius 2 is 2.03 bits per heavy atom. The molecular formula is C24H19N3O4. The number of aromatic amines is 1. The van der Waals surface area contributed by atoms with Crippen LogP contribution in [0.3, 0.4) is 0 Å². The van der Waals surface area contributed by atoms with Crippen LogP contribution in [-0.2, 0) is 0 Å². The van der Waals surface area contributed by atoms with E-state index in [0.29, 0.717) is 28.3 Å². The Balaban J connectivity index is 1.65. The van der Waals surface area contributed by atoms with Crippen molar-refractivity contribution in [3.63, 3.8) is 0 Å². The second-order valence-corrected chi connectivity index (χ2v) is 6.74. The molecule has 2 N–H and O–H groups in total. The Kier molecular flexibility index (Phi) is 5.49. The number of carbonyl (C=O) groups excluding carboxylic acids is 1. The molecule has 4 rings (SSSR count). The molecule has 0 radical (unpaired) electrons. The number of nitrogens with zero attached hydrogens (tertiary/aromatic N) is 2. The van der Waals surface area contributed by atoms with Gasteiger partial charge in [-0.25, -0.2) is 4.79 Å². The predicted molar refractivity (Wildman–Crippen MR) is 118 cm³/mol. The number of rotatable bonds is 6. The number of benzene rings is 2. The quantitative estimate of drug-likeness (QED) is 0.370. The zero-order valence-corrected chi connectivity index (χ0v) is 16.6. The molecule has 4 aromatic rings. The van der Waals surface area contributed by atoms with E-state index in [-0.39, 0.29) is 17.2 Å². The van der Waals surface area contributed by atoms with Gasteiger partial charge in [0.1, 0.15) is 0 Å². The van der Waals surface area contributed by atoms with E-state index in [0.717, 1.165) is 5.56 Å². The van der Waals surface area contributed by atoms with Crippen molar-refractivity contribution in [1.29, 1.82) is 0 Å². The minimum absolute atomic E-state index is 0.0278. The van der Waals surface area contributed by atoms with Crippen LogP contribution in [0.5, 0.6) is 11.5 Å². The largest absolute Gasteiger partial charge is 0.504 e. The van der Waals surface area contributed by atoms with E-state index in [4.69, 9.17) is 4.74 Å². The zero-order valence-electron chi connectivity index (χ0n) is 16.6. The van der Waals surface area contributed by atoms with Crippen molar-refractivity contribution >= 4 is 11.9 Å². The van der Waals surface area contributed by atoms with E-state index in [1.807, 2.05) is 6.07 Å². The van der Waals surface area contributed by atoms with Gasteiger partial charge in [0.15, 0.2) is 17.3 Å². The predicted octanol–water partition coefficient (Wildman–Crippen LogP) is 3.84. The van der Waals surface area contributed by atoms with E-state index >= 15 is 0 Å². The van der Waals surface area contributed by atoms with Crippen molar-refractivity contribution in [3.05, 3.63) is 101 Å². The number of nitrogens with one attached hydrogen (secondary N) is 1. The monoisotopic (exact) mass is 413 g/mol. The van der Waals surface area contributed by atoms with Crippen molar-refractivity contribution in [2.75, 3.05) is 7.11 Å². The second kappa shape index (κ2) is 8.54. The molecule has 0 bridgehead atoms. The number of pyridine rings is 1. The summed E-state index contributed by atoms with van der Waals surface area (Å²) in [6, 6.07) is 15.3. The summed E-state index contributed by atoms with van der Waals surface area (Å²) in [5, 5.41) is 9.69. The Bertz CT molecular complexity index is 1320. The van der Waals surface area contributed by atoms with Crippen molar-refractivity contribution in [2.24, 2.45) is 0 Å². The van der Waals surface area contributed by atoms with Crippen LogP contribution in [0.4, 0.5) is 0 Å². The lowest BCUT2D eigenvalue weighted by Gasteiger charge is -2.08. The molecule has 2 aromatic heterocycles. The van der Waals surface area contributed by atoms with Crippen LogP contribution < -0.4 is 10.4 Å². The van der Waals surface area contributed by atoms with E-state index in [9.17, 15) is 14.7 Å². The summed E-state index contributed by atoms with van der Waals surface area (Å²) in [5.41, 5.74) is 2.82. The topological polar surface area (TPSA) is 97.2 Å². The van der Waals surface area contributed by atoms with Crippen molar-refractivity contribution < 1.29 is 14.6 Å². The minimum Gasteiger partial charge on any atom is -0.504 e. The number of H-pyrrole nitrogens is 1. The van der Waals surface area contributed by atoms with Gasteiger partial charge in [-0.2, -0.15) is 0 Å². The highest BCUT2D eigenvalue weighted by atomic mass is 16.5. The number of methoxy groups -OCH3 is 1. The third-order valence-corrected chi connectivity index (χ3v) is 4.75. The molecule has 7 heteroatoms. The van der Waals surface area contributed by atoms with Crippen LogP contribution in [0.1, 0.15) is 15.9 Å². The average molecular weight is 413 g/mol. The third kappa shape index (κ3) is 4.16. The lowest BCUT2D eigenvalue weighted by atomic mass is 10.1. The Hall–Kier alpha value is -4.39. The highest BCUT2D eigenvalue weighted by Crippen LogP contribution is 2.27. The van der Waals surface area contributed by atoms with Gasteiger partial charge in [-0.3, -0.25) is 14.3 Å². The number of phenols is 1. The second-order valence-electron chi connectivity index (χ2n) is 6.74. The van der Waals surface area contributed by atoms with E-state index < -0.39 is 0 Å². The van der Waals surface area contributed by atoms with E-state index in [1.54, 1.807) is 67.1 Å². The van der Waals surface area contributed by atoms with Crippen molar-refractivity contribution in [1.82, 2.24) is 14.5 Å². The molecule has 0 aliphatic carbocycles. The maximum absolute atomic E-state index is 12.7. The molecule has 0 amide bonds. The van der Waals surface area contributed by atoms with Crippen LogP contribution in [0.2, 0.25) is 0 Å². The first kappa shape index (κ1) is 19.9. The number of carbonyl (C=O) groups is 1. The molecule has 0 aliphatic rings. The van der Waals surface area contributed by atoms with Gasteiger partial charge < -0.3 is 14.8 Å². The van der Waals surface area contributed by atoms with Crippen molar-refractivity contribution in [3.8, 4) is 28.4 Å². The molecule has 0 saturated heterocycles. The fourth-order valence-electron chi connectivity index (χ4n) is 3.22. The molecule has 0 atom stereocenters. The number of imidazole rings is 1. The molecule has 31 heavy (non-hydrogen) atoms. The minimum atomic E-state index is -0.310. The summed E-state index contributed by atoms with van der Waals surface area (Å²) in [6.45, 7) is 0. The summed E-state index contributed by atoms with van der Waals surface area (Å²) in [4.78, 5) is 32.0. The molecule has 7 nitrogen and oxygen atoms in total. The molecule has 0 fully saturated rings. The molecule has 0 aliphatic heterocycles. The van der Waals surface area contributed by atoms with Gasteiger partial charge in [-0.1, -0.05) is 24.3 Å². The molecule has 0 saturated carbocycles. The van der Waals surface area contributed by atoms with Crippen LogP contribution in [0, 0.1) is 0 Å². The van der Waals surface area contributed by atoms with Gasteiger partial charge >= 0.3 is 5.69 Å². The molecule has 154 valence electrons. The highest BCUT2D eigenvalue weighted by molar-refractivity contribution is 6.07. The summed E-state index contributed by atoms with van der Waals surface area (Å²) in [5.74, 6) is 0.131. The fraction of sp³-hybridized carbons (Fsp3) is 0.0417. The standard InChI is InChI=1S/C24H19N3O4/c1-31-23-12-16(8-10-22(23)29)7-9-21(28)17-4-2-6-19(13-17)27-20(15-26-24(27)30)18-5-3-11-25-14-18/h2-15,29H,1H3,(H,26,30). The maximum atomic E-state index is 12.7. The van der Waals surface area contributed by atoms with Gasteiger partial charge in [0.05, 0.1) is 18.5 Å². The molecular weight excluding hydrogens is 394 g/mol. The van der Waals surface area contributed by atoms with E-state index in [2.05, 4.69) is 9.97 Å². The lowest BCUT2D eigenvalue weighted by Crippen LogP contribution is -2.16. The lowest BCUT2D eigenvalue weighted by molar-refractivity contribution is 0.104. The van der Waals surface area contributed by atoms with E-state index in [1.165, 1.54) is 23.8 Å². The smallest absolute Gasteiger partial charge is 0.330 e. The summed E-state index contributed by atoms with van der Waals surface area (Å²) in [6.07, 6.45) is 8.02. The van der Waals surface area contributed by atoms with Gasteiger partial charge in [0, 0.05) is 29.7 Å². The number of hydrogen-bond donors (Lipinski definition) is 2. The zero-order chi connectivity index (χ0) is 21.8. The molecule has 0 unspecified atom stereocenters. The SMILES string of the molecule is COc1cc(C=CC(=O)c2cccc(-n3c(-c4cccnc4)c[nH]c3=O)c2)ccc1O. The summed E-state index contributed by atoms with van der Waals surface area (Å²) >= 11 is 0. The first-order valence-corrected chi connectivity index (χ1v) is 9.47. The van der Waals surface area contributed by atoms with Crippen molar-refractivity contribution in [2.45, 2.75) is 0 Å². The summed E-state index contributed by atoms with van der Waals surface area (Å²) < 4.78 is 6.59. The number of ketones is 1. The van der Waals surface area contributed by atoms with Gasteiger partial charge in [-0.15, -0.1) is 0 Å². The number of hydrogen-bond acceptors (Lipinski definition) is 5. The van der Waals surface area contributed by atoms with Crippen LogP contribution in [-0.4, -0.2) is 32.5 Å². The average Bonchev–Trinajstić information content (AvgIpc) is 3.20. The number of aromatic hydroxyl groups is 1. The third-order valence-electron chi connectivity index (χ3n) is 4.75. The first-order chi connectivity index (χ1) is 15.1. The number of allylic oxidation sites excluding steroid dienone is 1. The van der Waals surface area contributed by atoms with Gasteiger partial charge in [0.2, 0.25) is 0 Å². The van der Waals surface area contributed by atoms with Crippen LogP contribution in [0.25, 0.3) is 23.0 Å². The Morgan fingerprint density at radius 1 is 1.16 bits per heavy atom. The summed E-state index contributed by atoms with van der Waals surface area (Å²) in [7, 11) is 1.46. The number of ether oxygens (including phenoxy) is 1. The number of aromatic nitrogens is 3. The first-order valence-electron chi connectivity index (χ1n) is 9.47. The van der Waals surface area contributed by atoms with Crippen LogP contribution >= 0.6 is 0 Å².